The zero-order valence-corrected chi connectivity index (χ0v) is 23.0. The van der Waals surface area contributed by atoms with Crippen molar-refractivity contribution in [1.82, 2.24) is 20.2 Å². The van der Waals surface area contributed by atoms with Crippen LogP contribution >= 0.6 is 0 Å². The summed E-state index contributed by atoms with van der Waals surface area (Å²) in [5.41, 5.74) is 2.13. The molecule has 2 amide bonds. The van der Waals surface area contributed by atoms with Crippen LogP contribution in [0.25, 0.3) is 11.3 Å². The molecule has 9 nitrogen and oxygen atoms in total. The van der Waals surface area contributed by atoms with Crippen molar-refractivity contribution in [2.75, 3.05) is 32.1 Å². The third-order valence-electron chi connectivity index (χ3n) is 8.19. The molecule has 1 saturated carbocycles. The van der Waals surface area contributed by atoms with Gasteiger partial charge in [-0.3, -0.25) is 5.32 Å². The molecule has 1 aromatic heterocycles. The minimum atomic E-state index is -0.485. The number of aromatic nitrogens is 2. The Morgan fingerprint density at radius 2 is 1.74 bits per heavy atom. The Morgan fingerprint density at radius 3 is 2.37 bits per heavy atom. The Balaban J connectivity index is 1.19. The summed E-state index contributed by atoms with van der Waals surface area (Å²) in [6.07, 6.45) is 7.20. The van der Waals surface area contributed by atoms with E-state index in [-0.39, 0.29) is 12.1 Å². The molecule has 0 radical (unpaired) electrons. The number of benzene rings is 1. The predicted octanol–water partition coefficient (Wildman–Crippen LogP) is 5.58. The maximum atomic E-state index is 12.5. The smallest absolute Gasteiger partial charge is 0.411 e. The van der Waals surface area contributed by atoms with E-state index in [0.29, 0.717) is 23.4 Å². The number of ether oxygens (including phenoxy) is 2. The Hall–Kier alpha value is -3.07. The number of aromatic amines is 1. The molecule has 2 aromatic rings. The van der Waals surface area contributed by atoms with Gasteiger partial charge < -0.3 is 24.7 Å². The molecule has 2 aliphatic heterocycles. The van der Waals surface area contributed by atoms with E-state index in [0.717, 1.165) is 55.5 Å². The second kappa shape index (κ2) is 11.0. The van der Waals surface area contributed by atoms with Crippen LogP contribution in [-0.4, -0.2) is 59.4 Å². The van der Waals surface area contributed by atoms with Gasteiger partial charge in [0.05, 0.1) is 18.8 Å². The van der Waals surface area contributed by atoms with E-state index in [9.17, 15) is 9.59 Å². The fourth-order valence-electron chi connectivity index (χ4n) is 6.06. The van der Waals surface area contributed by atoms with E-state index in [2.05, 4.69) is 20.4 Å². The van der Waals surface area contributed by atoms with Crippen molar-refractivity contribution in [3.63, 3.8) is 0 Å². The molecule has 3 heterocycles. The van der Waals surface area contributed by atoms with Gasteiger partial charge in [-0.05, 0) is 95.2 Å². The molecular weight excluding hydrogens is 482 g/mol. The van der Waals surface area contributed by atoms with Crippen LogP contribution in [0.2, 0.25) is 0 Å². The van der Waals surface area contributed by atoms with Gasteiger partial charge in [0, 0.05) is 30.5 Å². The topological polar surface area (TPSA) is 109 Å². The van der Waals surface area contributed by atoms with Crippen molar-refractivity contribution in [3.8, 4) is 11.3 Å². The van der Waals surface area contributed by atoms with Crippen molar-refractivity contribution in [1.29, 1.82) is 0 Å². The molecule has 3 atom stereocenters. The van der Waals surface area contributed by atoms with Gasteiger partial charge in [-0.15, -0.1) is 0 Å². The highest BCUT2D eigenvalue weighted by Crippen LogP contribution is 2.49. The lowest BCUT2D eigenvalue weighted by atomic mass is 9.73. The van der Waals surface area contributed by atoms with E-state index in [1.165, 1.54) is 26.4 Å². The number of hydrogen-bond donors (Lipinski definition) is 3. The molecule has 2 saturated heterocycles. The number of imidazole rings is 1. The first kappa shape index (κ1) is 26.5. The number of carbonyl (C=O) groups excluding carboxylic acids is 2. The Morgan fingerprint density at radius 1 is 1.03 bits per heavy atom. The highest BCUT2D eigenvalue weighted by Gasteiger charge is 2.44. The molecule has 1 aliphatic carbocycles. The average molecular weight is 524 g/mol. The summed E-state index contributed by atoms with van der Waals surface area (Å²) in [6, 6.07) is 7.85. The molecule has 1 aromatic carbocycles. The van der Waals surface area contributed by atoms with Crippen LogP contribution in [0.4, 0.5) is 15.3 Å². The fourth-order valence-corrected chi connectivity index (χ4v) is 6.06. The molecule has 0 bridgehead atoms. The van der Waals surface area contributed by atoms with Gasteiger partial charge in [0.1, 0.15) is 11.4 Å². The summed E-state index contributed by atoms with van der Waals surface area (Å²) >= 11 is 0. The monoisotopic (exact) mass is 523 g/mol. The molecule has 3 aliphatic rings. The van der Waals surface area contributed by atoms with E-state index < -0.39 is 11.7 Å². The molecule has 3 N–H and O–H groups in total. The van der Waals surface area contributed by atoms with Crippen LogP contribution in [0.1, 0.15) is 64.7 Å². The van der Waals surface area contributed by atoms with Gasteiger partial charge in [0.2, 0.25) is 0 Å². The van der Waals surface area contributed by atoms with Gasteiger partial charge in [-0.25, -0.2) is 14.6 Å². The standard InChI is InChI=1S/C29H41N5O4/c1-29(2,3)38-28(36)34-13-11-18(12-14-34)21-15-23(19-5-6-19)25(30-16-21)26-31-17-24(33-26)20-7-9-22(10-8-20)32-27(35)37-4/h7-10,17-19,21,23,25,30H,5-6,11-16H2,1-4H3,(H,31,33)(H,32,35). The van der Waals surface area contributed by atoms with Crippen molar-refractivity contribution < 1.29 is 19.1 Å². The molecule has 9 heteroatoms. The van der Waals surface area contributed by atoms with E-state index >= 15 is 0 Å². The summed E-state index contributed by atoms with van der Waals surface area (Å²) in [5.74, 6) is 3.60. The number of amides is 2. The van der Waals surface area contributed by atoms with Gasteiger partial charge in [-0.1, -0.05) is 12.1 Å². The van der Waals surface area contributed by atoms with Crippen molar-refractivity contribution in [2.24, 2.45) is 23.7 Å². The number of anilines is 1. The minimum Gasteiger partial charge on any atom is -0.453 e. The maximum Gasteiger partial charge on any atom is 0.411 e. The lowest BCUT2D eigenvalue weighted by Crippen LogP contribution is -2.47. The zero-order chi connectivity index (χ0) is 26.9. The van der Waals surface area contributed by atoms with Crippen LogP contribution < -0.4 is 10.6 Å². The third kappa shape index (κ3) is 6.31. The second-order valence-electron chi connectivity index (χ2n) is 12.1. The molecule has 0 spiro atoms. The van der Waals surface area contributed by atoms with Crippen LogP contribution in [-0.2, 0) is 9.47 Å². The van der Waals surface area contributed by atoms with Crippen LogP contribution in [0, 0.1) is 23.7 Å². The Kier molecular flexibility index (Phi) is 7.66. The number of methoxy groups -OCH3 is 1. The van der Waals surface area contributed by atoms with E-state index in [1.807, 2.05) is 56.1 Å². The number of carbonyl (C=O) groups is 2. The Labute approximate surface area is 225 Å². The summed E-state index contributed by atoms with van der Waals surface area (Å²) < 4.78 is 10.2. The first-order chi connectivity index (χ1) is 18.2. The highest BCUT2D eigenvalue weighted by molar-refractivity contribution is 5.84. The van der Waals surface area contributed by atoms with E-state index in [4.69, 9.17) is 9.72 Å². The van der Waals surface area contributed by atoms with Crippen molar-refractivity contribution in [3.05, 3.63) is 36.3 Å². The molecule has 38 heavy (non-hydrogen) atoms. The third-order valence-corrected chi connectivity index (χ3v) is 8.19. The fraction of sp³-hybridized carbons (Fsp3) is 0.621. The van der Waals surface area contributed by atoms with Crippen LogP contribution in [0.3, 0.4) is 0 Å². The largest absolute Gasteiger partial charge is 0.453 e. The lowest BCUT2D eigenvalue weighted by Gasteiger charge is -2.42. The number of H-pyrrole nitrogens is 1. The molecule has 206 valence electrons. The number of hydrogen-bond acceptors (Lipinski definition) is 6. The average Bonchev–Trinajstić information content (AvgIpc) is 3.64. The second-order valence-corrected chi connectivity index (χ2v) is 12.1. The molecule has 3 fully saturated rings. The number of piperidine rings is 2. The van der Waals surface area contributed by atoms with Crippen LogP contribution in [0.15, 0.2) is 30.5 Å². The van der Waals surface area contributed by atoms with Crippen LogP contribution in [0.5, 0.6) is 0 Å². The molecule has 5 rings (SSSR count). The highest BCUT2D eigenvalue weighted by atomic mass is 16.6. The van der Waals surface area contributed by atoms with Crippen molar-refractivity contribution >= 4 is 17.9 Å². The first-order valence-corrected chi connectivity index (χ1v) is 13.9. The zero-order valence-electron chi connectivity index (χ0n) is 23.0. The summed E-state index contributed by atoms with van der Waals surface area (Å²) in [4.78, 5) is 34.2. The number of likely N-dealkylation sites (tertiary alicyclic amines) is 1. The minimum absolute atomic E-state index is 0.184. The molecular formula is C29H41N5O4. The van der Waals surface area contributed by atoms with Gasteiger partial charge in [-0.2, -0.15) is 0 Å². The number of nitrogens with one attached hydrogen (secondary N) is 3. The van der Waals surface area contributed by atoms with Crippen molar-refractivity contribution in [2.45, 2.75) is 64.5 Å². The Bertz CT molecular complexity index is 1110. The maximum absolute atomic E-state index is 12.5. The van der Waals surface area contributed by atoms with E-state index in [1.54, 1.807) is 0 Å². The van der Waals surface area contributed by atoms with Gasteiger partial charge in [0.25, 0.3) is 0 Å². The van der Waals surface area contributed by atoms with Gasteiger partial charge >= 0.3 is 12.2 Å². The van der Waals surface area contributed by atoms with Gasteiger partial charge in [0.15, 0.2) is 0 Å². The normalized spacial score (nSPS) is 24.6. The quantitative estimate of drug-likeness (QED) is 0.472. The SMILES string of the molecule is COC(=O)Nc1ccc(-c2c[nH]c(C3NCC(C4CCN(C(=O)OC(C)(C)C)CC4)CC3C3CC3)n2)cc1. The summed E-state index contributed by atoms with van der Waals surface area (Å²) in [7, 11) is 1.35. The number of nitrogens with zero attached hydrogens (tertiary/aromatic N) is 2. The first-order valence-electron chi connectivity index (χ1n) is 13.9. The lowest BCUT2D eigenvalue weighted by molar-refractivity contribution is 0.0133. The predicted molar refractivity (Wildman–Crippen MR) is 146 cm³/mol. The summed E-state index contributed by atoms with van der Waals surface area (Å²) in [5, 5.41) is 6.54. The molecule has 3 unspecified atom stereocenters. The summed E-state index contributed by atoms with van der Waals surface area (Å²) in [6.45, 7) is 8.30. The number of rotatable bonds is 5.